The van der Waals surface area contributed by atoms with Gasteiger partial charge in [-0.05, 0) is 5.56 Å². The Bertz CT molecular complexity index is 1090. The molecular weight excluding hydrogens is 312 g/mol. The minimum absolute atomic E-state index is 0.224. The average Bonchev–Trinajstić information content (AvgIpc) is 3.01. The van der Waals surface area contributed by atoms with Crippen LogP contribution in [0.3, 0.4) is 0 Å². The minimum atomic E-state index is -0.306. The van der Waals surface area contributed by atoms with E-state index < -0.39 is 0 Å². The maximum absolute atomic E-state index is 12.5. The van der Waals surface area contributed by atoms with Gasteiger partial charge in [0, 0.05) is 17.1 Å². The fourth-order valence-electron chi connectivity index (χ4n) is 2.37. The van der Waals surface area contributed by atoms with E-state index in [-0.39, 0.29) is 11.1 Å². The molecule has 4 rings (SSSR count). The summed E-state index contributed by atoms with van der Waals surface area (Å²) in [6, 6.07) is 9.70. The summed E-state index contributed by atoms with van der Waals surface area (Å²) >= 11 is 1.40. The van der Waals surface area contributed by atoms with E-state index in [0.29, 0.717) is 21.7 Å². The van der Waals surface area contributed by atoms with Crippen LogP contribution in [0.4, 0.5) is 0 Å². The molecule has 0 aliphatic rings. The first kappa shape index (κ1) is 13.6. The number of H-pyrrole nitrogens is 2. The van der Waals surface area contributed by atoms with Gasteiger partial charge in [-0.2, -0.15) is 0 Å². The monoisotopic (exact) mass is 322 g/mol. The number of hydrogen-bond donors (Lipinski definition) is 2. The van der Waals surface area contributed by atoms with Crippen LogP contribution in [0.25, 0.3) is 32.9 Å². The summed E-state index contributed by atoms with van der Waals surface area (Å²) in [5.74, 6) is 0.334. The van der Waals surface area contributed by atoms with Crippen molar-refractivity contribution in [1.82, 2.24) is 19.9 Å². The molecule has 0 unspecified atom stereocenters. The Kier molecular flexibility index (Phi) is 3.13. The average molecular weight is 322 g/mol. The van der Waals surface area contributed by atoms with Gasteiger partial charge in [-0.1, -0.05) is 30.3 Å². The molecule has 0 atom stereocenters. The van der Waals surface area contributed by atoms with Crippen LogP contribution in [0.2, 0.25) is 0 Å². The van der Waals surface area contributed by atoms with Crippen molar-refractivity contribution in [3.8, 4) is 22.6 Å². The summed E-state index contributed by atoms with van der Waals surface area (Å²) in [7, 11) is 0. The Labute approximate surface area is 133 Å². The maximum atomic E-state index is 12.5. The third-order valence-electron chi connectivity index (χ3n) is 3.44. The highest BCUT2D eigenvalue weighted by molar-refractivity contribution is 7.17. The molecule has 0 radical (unpaired) electrons. The predicted octanol–water partition coefficient (Wildman–Crippen LogP) is 2.40. The van der Waals surface area contributed by atoms with Crippen molar-refractivity contribution in [2.45, 2.75) is 0 Å². The largest absolute Gasteiger partial charge is 0.325 e. The lowest BCUT2D eigenvalue weighted by Gasteiger charge is -2.01. The Morgan fingerprint density at radius 1 is 1.09 bits per heavy atom. The summed E-state index contributed by atoms with van der Waals surface area (Å²) in [6.45, 7) is 0. The standard InChI is InChI=1S/C16H10N4O2S/c21-12-7-17-11(6-18-12)14-19-15(22)13-10(8-23-16(13)20-14)9-4-2-1-3-5-9/h1-8H,(H,18,21)(H,19,20,22). The predicted molar refractivity (Wildman–Crippen MR) is 89.5 cm³/mol. The third-order valence-corrected chi connectivity index (χ3v) is 4.32. The molecule has 2 N–H and O–H groups in total. The molecule has 0 aliphatic carbocycles. The lowest BCUT2D eigenvalue weighted by atomic mass is 10.1. The van der Waals surface area contributed by atoms with Crippen LogP contribution in [-0.2, 0) is 0 Å². The summed E-state index contributed by atoms with van der Waals surface area (Å²) in [4.78, 5) is 37.9. The topological polar surface area (TPSA) is 91.5 Å². The molecule has 3 aromatic heterocycles. The minimum Gasteiger partial charge on any atom is -0.325 e. The maximum Gasteiger partial charge on any atom is 0.266 e. The normalized spacial score (nSPS) is 11.0. The van der Waals surface area contributed by atoms with Gasteiger partial charge in [-0.25, -0.2) is 9.97 Å². The van der Waals surface area contributed by atoms with Crippen LogP contribution in [0.5, 0.6) is 0 Å². The van der Waals surface area contributed by atoms with E-state index in [9.17, 15) is 9.59 Å². The van der Waals surface area contributed by atoms with Crippen LogP contribution in [0.15, 0.2) is 57.7 Å². The molecule has 3 heterocycles. The van der Waals surface area contributed by atoms with Gasteiger partial charge >= 0.3 is 0 Å². The van der Waals surface area contributed by atoms with Gasteiger partial charge in [0.05, 0.1) is 11.6 Å². The first-order chi connectivity index (χ1) is 11.2. The summed E-state index contributed by atoms with van der Waals surface area (Å²) in [5, 5.41) is 2.49. The van der Waals surface area contributed by atoms with E-state index >= 15 is 0 Å². The van der Waals surface area contributed by atoms with Crippen molar-refractivity contribution >= 4 is 21.6 Å². The van der Waals surface area contributed by atoms with Crippen molar-refractivity contribution in [1.29, 1.82) is 0 Å². The van der Waals surface area contributed by atoms with Gasteiger partial charge in [0.25, 0.3) is 11.1 Å². The van der Waals surface area contributed by atoms with E-state index in [1.165, 1.54) is 17.5 Å². The Balaban J connectivity index is 1.92. The van der Waals surface area contributed by atoms with Gasteiger partial charge in [0.15, 0.2) is 5.82 Å². The van der Waals surface area contributed by atoms with Gasteiger partial charge < -0.3 is 9.97 Å². The van der Waals surface area contributed by atoms with E-state index in [0.717, 1.165) is 17.3 Å². The van der Waals surface area contributed by atoms with Crippen molar-refractivity contribution in [2.24, 2.45) is 0 Å². The van der Waals surface area contributed by atoms with Crippen LogP contribution in [0.1, 0.15) is 0 Å². The molecule has 112 valence electrons. The SMILES string of the molecule is O=c1cnc(-c2nc3scc(-c4ccccc4)c3c(=O)[nH]2)c[nH]1. The van der Waals surface area contributed by atoms with E-state index in [1.54, 1.807) is 0 Å². The number of aromatic amines is 2. The molecule has 1 aromatic carbocycles. The van der Waals surface area contributed by atoms with Gasteiger partial charge in [-0.15, -0.1) is 11.3 Å². The molecule has 0 bridgehead atoms. The molecule has 23 heavy (non-hydrogen) atoms. The number of nitrogens with zero attached hydrogens (tertiary/aromatic N) is 2. The molecular formula is C16H10N4O2S. The molecule has 0 saturated heterocycles. The number of rotatable bonds is 2. The molecule has 6 nitrogen and oxygen atoms in total. The summed E-state index contributed by atoms with van der Waals surface area (Å²) in [6.07, 6.45) is 2.58. The van der Waals surface area contributed by atoms with Gasteiger partial charge in [-0.3, -0.25) is 9.59 Å². The number of benzene rings is 1. The highest BCUT2D eigenvalue weighted by Gasteiger charge is 2.14. The van der Waals surface area contributed by atoms with Crippen molar-refractivity contribution in [3.63, 3.8) is 0 Å². The fourth-order valence-corrected chi connectivity index (χ4v) is 3.32. The van der Waals surface area contributed by atoms with Gasteiger partial charge in [0.1, 0.15) is 10.5 Å². The van der Waals surface area contributed by atoms with Gasteiger partial charge in [0.2, 0.25) is 0 Å². The number of aromatic nitrogens is 4. The molecule has 0 spiro atoms. The van der Waals surface area contributed by atoms with E-state index in [4.69, 9.17) is 0 Å². The molecule has 0 amide bonds. The molecule has 0 aliphatic heterocycles. The molecule has 0 saturated carbocycles. The second kappa shape index (κ2) is 5.29. The Morgan fingerprint density at radius 2 is 1.91 bits per heavy atom. The molecule has 4 aromatic rings. The van der Waals surface area contributed by atoms with E-state index in [1.807, 2.05) is 35.7 Å². The molecule has 0 fully saturated rings. The quantitative estimate of drug-likeness (QED) is 0.593. The summed E-state index contributed by atoms with van der Waals surface area (Å²) < 4.78 is 0. The number of fused-ring (bicyclic) bond motifs is 1. The number of hydrogen-bond acceptors (Lipinski definition) is 5. The smallest absolute Gasteiger partial charge is 0.266 e. The Morgan fingerprint density at radius 3 is 2.65 bits per heavy atom. The lowest BCUT2D eigenvalue weighted by Crippen LogP contribution is -2.11. The number of nitrogens with one attached hydrogen (secondary N) is 2. The van der Waals surface area contributed by atoms with E-state index in [2.05, 4.69) is 19.9 Å². The molecule has 7 heteroatoms. The van der Waals surface area contributed by atoms with Crippen molar-refractivity contribution in [3.05, 3.63) is 68.8 Å². The second-order valence-electron chi connectivity index (χ2n) is 4.91. The summed E-state index contributed by atoms with van der Waals surface area (Å²) in [5.41, 5.74) is 1.72. The number of thiophene rings is 1. The van der Waals surface area contributed by atoms with Crippen molar-refractivity contribution < 1.29 is 0 Å². The first-order valence-electron chi connectivity index (χ1n) is 6.84. The second-order valence-corrected chi connectivity index (χ2v) is 5.76. The Hall–Kier alpha value is -3.06. The zero-order valence-electron chi connectivity index (χ0n) is 11.7. The highest BCUT2D eigenvalue weighted by Crippen LogP contribution is 2.31. The first-order valence-corrected chi connectivity index (χ1v) is 7.72. The van der Waals surface area contributed by atoms with Crippen LogP contribution >= 0.6 is 11.3 Å². The lowest BCUT2D eigenvalue weighted by molar-refractivity contribution is 1.09. The zero-order chi connectivity index (χ0) is 15.8. The van der Waals surface area contributed by atoms with Crippen LogP contribution in [0, 0.1) is 0 Å². The van der Waals surface area contributed by atoms with Crippen LogP contribution in [-0.4, -0.2) is 19.9 Å². The zero-order valence-corrected chi connectivity index (χ0v) is 12.6. The van der Waals surface area contributed by atoms with Crippen molar-refractivity contribution in [2.75, 3.05) is 0 Å². The highest BCUT2D eigenvalue weighted by atomic mass is 32.1. The third kappa shape index (κ3) is 2.36. The fraction of sp³-hybridized carbons (Fsp3) is 0. The van der Waals surface area contributed by atoms with Crippen LogP contribution < -0.4 is 11.1 Å².